The van der Waals surface area contributed by atoms with Crippen LogP contribution >= 0.6 is 0 Å². The first-order valence-corrected chi connectivity index (χ1v) is 6.29. The number of fused-ring (bicyclic) bond motifs is 3. The molecule has 0 bridgehead atoms. The Labute approximate surface area is 110 Å². The maximum absolute atomic E-state index is 5.87. The number of rotatable bonds is 1. The lowest BCUT2D eigenvalue weighted by Gasteiger charge is -2.00. The zero-order chi connectivity index (χ0) is 12.8. The zero-order valence-corrected chi connectivity index (χ0v) is 10.5. The molecular weight excluding hydrogens is 236 g/mol. The maximum Gasteiger partial charge on any atom is 0.138 e. The van der Waals surface area contributed by atoms with Crippen molar-refractivity contribution in [3.63, 3.8) is 0 Å². The summed E-state index contributed by atoms with van der Waals surface area (Å²) >= 11 is 0. The molecule has 0 amide bonds. The molecule has 0 fully saturated rings. The van der Waals surface area contributed by atoms with Crippen LogP contribution in [0, 0.1) is 6.92 Å². The second-order valence-electron chi connectivity index (χ2n) is 4.67. The summed E-state index contributed by atoms with van der Waals surface area (Å²) in [4.78, 5) is 0. The Morgan fingerprint density at radius 3 is 2.63 bits per heavy atom. The average Bonchev–Trinajstić information content (AvgIpc) is 3.04. The van der Waals surface area contributed by atoms with Crippen LogP contribution in [0.3, 0.4) is 0 Å². The highest BCUT2D eigenvalue weighted by Gasteiger charge is 2.17. The van der Waals surface area contributed by atoms with E-state index in [2.05, 4.69) is 24.3 Å². The smallest absolute Gasteiger partial charge is 0.138 e. The van der Waals surface area contributed by atoms with Gasteiger partial charge in [0.2, 0.25) is 0 Å². The molecule has 0 radical (unpaired) electrons. The number of hydrogen-bond acceptors (Lipinski definition) is 2. The molecule has 0 saturated carbocycles. The molecule has 0 aliphatic carbocycles. The van der Waals surface area contributed by atoms with E-state index >= 15 is 0 Å². The van der Waals surface area contributed by atoms with Gasteiger partial charge in [-0.25, -0.2) is 0 Å². The molecule has 2 heterocycles. The summed E-state index contributed by atoms with van der Waals surface area (Å²) in [5, 5.41) is 3.54. The Bertz CT molecular complexity index is 867. The van der Waals surface area contributed by atoms with E-state index in [4.69, 9.17) is 8.83 Å². The van der Waals surface area contributed by atoms with Crippen molar-refractivity contribution >= 4 is 21.7 Å². The Morgan fingerprint density at radius 1 is 0.895 bits per heavy atom. The Hall–Kier alpha value is -2.48. The zero-order valence-electron chi connectivity index (χ0n) is 10.5. The SMILES string of the molecule is Cc1oc2ccc3ccccc3c2c1-c1ccco1. The van der Waals surface area contributed by atoms with Crippen molar-refractivity contribution in [2.45, 2.75) is 6.92 Å². The highest BCUT2D eigenvalue weighted by Crippen LogP contribution is 2.38. The van der Waals surface area contributed by atoms with E-state index in [0.717, 1.165) is 28.1 Å². The first kappa shape index (κ1) is 10.4. The van der Waals surface area contributed by atoms with Gasteiger partial charge in [-0.15, -0.1) is 0 Å². The molecule has 0 aliphatic heterocycles. The van der Waals surface area contributed by atoms with Gasteiger partial charge in [-0.2, -0.15) is 0 Å². The first-order valence-electron chi connectivity index (χ1n) is 6.29. The van der Waals surface area contributed by atoms with Crippen LogP contribution in [0.25, 0.3) is 33.1 Å². The van der Waals surface area contributed by atoms with Crippen molar-refractivity contribution in [3.05, 3.63) is 60.6 Å². The molecule has 2 nitrogen and oxygen atoms in total. The van der Waals surface area contributed by atoms with Crippen LogP contribution in [0.15, 0.2) is 63.6 Å². The normalized spacial score (nSPS) is 11.4. The summed E-state index contributed by atoms with van der Waals surface area (Å²) in [7, 11) is 0. The van der Waals surface area contributed by atoms with Gasteiger partial charge >= 0.3 is 0 Å². The lowest BCUT2D eigenvalue weighted by atomic mass is 10.0. The lowest BCUT2D eigenvalue weighted by Crippen LogP contribution is -1.77. The minimum Gasteiger partial charge on any atom is -0.464 e. The average molecular weight is 248 g/mol. The van der Waals surface area contributed by atoms with Crippen molar-refractivity contribution in [3.8, 4) is 11.3 Å². The summed E-state index contributed by atoms with van der Waals surface area (Å²) in [6.45, 7) is 1.98. The quantitative estimate of drug-likeness (QED) is 0.465. The molecule has 2 aromatic carbocycles. The van der Waals surface area contributed by atoms with Gasteiger partial charge in [0.05, 0.1) is 11.8 Å². The molecule has 0 spiro atoms. The predicted octanol–water partition coefficient (Wildman–Crippen LogP) is 5.15. The predicted molar refractivity (Wildman–Crippen MR) is 76.2 cm³/mol. The third-order valence-electron chi connectivity index (χ3n) is 3.52. The van der Waals surface area contributed by atoms with Crippen molar-refractivity contribution in [2.75, 3.05) is 0 Å². The monoisotopic (exact) mass is 248 g/mol. The van der Waals surface area contributed by atoms with Gasteiger partial charge in [0.25, 0.3) is 0 Å². The van der Waals surface area contributed by atoms with Crippen LogP contribution in [0.2, 0.25) is 0 Å². The fraction of sp³-hybridized carbons (Fsp3) is 0.0588. The van der Waals surface area contributed by atoms with Crippen LogP contribution in [-0.4, -0.2) is 0 Å². The summed E-state index contributed by atoms with van der Waals surface area (Å²) in [5.41, 5.74) is 1.96. The van der Waals surface area contributed by atoms with Gasteiger partial charge in [0.1, 0.15) is 17.1 Å². The van der Waals surface area contributed by atoms with Crippen LogP contribution < -0.4 is 0 Å². The van der Waals surface area contributed by atoms with E-state index < -0.39 is 0 Å². The van der Waals surface area contributed by atoms with E-state index in [1.165, 1.54) is 10.8 Å². The molecule has 4 rings (SSSR count). The Kier molecular flexibility index (Phi) is 2.06. The van der Waals surface area contributed by atoms with Gasteiger partial charge in [0, 0.05) is 5.39 Å². The van der Waals surface area contributed by atoms with Crippen LogP contribution in [-0.2, 0) is 0 Å². The summed E-state index contributed by atoms with van der Waals surface area (Å²) in [5.74, 6) is 1.74. The molecule has 0 saturated heterocycles. The van der Waals surface area contributed by atoms with E-state index in [0.29, 0.717) is 0 Å². The third-order valence-corrected chi connectivity index (χ3v) is 3.52. The van der Waals surface area contributed by atoms with Gasteiger partial charge < -0.3 is 8.83 Å². The fourth-order valence-electron chi connectivity index (χ4n) is 2.70. The number of hydrogen-bond donors (Lipinski definition) is 0. The lowest BCUT2D eigenvalue weighted by molar-refractivity contribution is 0.563. The first-order chi connectivity index (χ1) is 9.34. The van der Waals surface area contributed by atoms with Gasteiger partial charge in [-0.05, 0) is 35.9 Å². The largest absolute Gasteiger partial charge is 0.464 e. The molecular formula is C17H12O2. The molecule has 92 valence electrons. The van der Waals surface area contributed by atoms with Gasteiger partial charge in [-0.3, -0.25) is 0 Å². The number of benzene rings is 2. The van der Waals surface area contributed by atoms with E-state index in [9.17, 15) is 0 Å². The second kappa shape index (κ2) is 3.75. The summed E-state index contributed by atoms with van der Waals surface area (Å²) in [6, 6.07) is 16.3. The highest BCUT2D eigenvalue weighted by atomic mass is 16.3. The van der Waals surface area contributed by atoms with Crippen molar-refractivity contribution < 1.29 is 8.83 Å². The van der Waals surface area contributed by atoms with E-state index in [1.807, 2.05) is 31.2 Å². The molecule has 19 heavy (non-hydrogen) atoms. The molecule has 0 atom stereocenters. The minimum absolute atomic E-state index is 0.854. The molecule has 2 aromatic heterocycles. The Morgan fingerprint density at radius 2 is 1.79 bits per heavy atom. The molecule has 0 N–H and O–H groups in total. The minimum atomic E-state index is 0.854. The van der Waals surface area contributed by atoms with Crippen molar-refractivity contribution in [2.24, 2.45) is 0 Å². The fourth-order valence-corrected chi connectivity index (χ4v) is 2.70. The number of furan rings is 2. The summed E-state index contributed by atoms with van der Waals surface area (Å²) in [6.07, 6.45) is 1.69. The summed E-state index contributed by atoms with van der Waals surface area (Å²) < 4.78 is 11.4. The highest BCUT2D eigenvalue weighted by molar-refractivity contribution is 6.13. The van der Waals surface area contributed by atoms with E-state index in [1.54, 1.807) is 6.26 Å². The van der Waals surface area contributed by atoms with Crippen LogP contribution in [0.1, 0.15) is 5.76 Å². The molecule has 0 aliphatic rings. The van der Waals surface area contributed by atoms with Crippen molar-refractivity contribution in [1.82, 2.24) is 0 Å². The molecule has 2 heteroatoms. The van der Waals surface area contributed by atoms with Gasteiger partial charge in [0.15, 0.2) is 0 Å². The van der Waals surface area contributed by atoms with E-state index in [-0.39, 0.29) is 0 Å². The standard InChI is InChI=1S/C17H12O2/c1-11-16(14-7-4-10-18-14)17-13-6-3-2-5-12(13)8-9-15(17)19-11/h2-10H,1H3. The topological polar surface area (TPSA) is 26.3 Å². The molecule has 4 aromatic rings. The van der Waals surface area contributed by atoms with Crippen LogP contribution in [0.5, 0.6) is 0 Å². The van der Waals surface area contributed by atoms with Crippen molar-refractivity contribution in [1.29, 1.82) is 0 Å². The second-order valence-corrected chi connectivity index (χ2v) is 4.67. The maximum atomic E-state index is 5.87. The number of aryl methyl sites for hydroxylation is 1. The van der Waals surface area contributed by atoms with Gasteiger partial charge in [-0.1, -0.05) is 30.3 Å². The molecule has 0 unspecified atom stereocenters. The third kappa shape index (κ3) is 1.43. The van der Waals surface area contributed by atoms with Crippen LogP contribution in [0.4, 0.5) is 0 Å². The Balaban J connectivity index is 2.23.